The Hall–Kier alpha value is -3.59. The summed E-state index contributed by atoms with van der Waals surface area (Å²) in [6, 6.07) is 10.6. The Morgan fingerprint density at radius 2 is 1.94 bits per heavy atom. The molecule has 3 heterocycles. The van der Waals surface area contributed by atoms with Gasteiger partial charge in [0.2, 0.25) is 5.95 Å². The molecule has 0 bridgehead atoms. The first kappa shape index (κ1) is 21.3. The number of hydrogen-bond acceptors (Lipinski definition) is 7. The molecule has 0 saturated heterocycles. The number of nitrogens with two attached hydrogens (primary N) is 2. The first-order chi connectivity index (χ1) is 16.1. The molecule has 1 aliphatic rings. The van der Waals surface area contributed by atoms with Crippen molar-refractivity contribution in [3.8, 4) is 11.3 Å². The Kier molecular flexibility index (Phi) is 5.87. The first-order valence-corrected chi connectivity index (χ1v) is 11.3. The lowest BCUT2D eigenvalue weighted by Gasteiger charge is -2.15. The molecule has 0 aliphatic heterocycles. The standard InChI is InChI=1S/C24H27FN8/c25-17-5-3-4-16(12-17)19-9-8-15(13-28-19)14-29-22-21-23(32-24(27)31-22)33(18-6-1-2-7-18)20(30-21)10-11-26/h3-5,8-9,12-13,18H,1-2,6-7,10-11,14,26H2,(H3,27,29,31,32). The molecule has 0 radical (unpaired) electrons. The quantitative estimate of drug-likeness (QED) is 0.394. The van der Waals surface area contributed by atoms with Gasteiger partial charge in [-0.2, -0.15) is 9.97 Å². The summed E-state index contributed by atoms with van der Waals surface area (Å²) >= 11 is 0. The Bertz CT molecular complexity index is 1260. The molecule has 33 heavy (non-hydrogen) atoms. The zero-order chi connectivity index (χ0) is 22.8. The second-order valence-electron chi connectivity index (χ2n) is 8.39. The molecule has 4 aromatic rings. The second kappa shape index (κ2) is 9.11. The number of benzene rings is 1. The number of aromatic nitrogens is 5. The third-order valence-electron chi connectivity index (χ3n) is 6.09. The average molecular weight is 447 g/mol. The number of imidazole rings is 1. The number of hydrogen-bond donors (Lipinski definition) is 3. The minimum Gasteiger partial charge on any atom is -0.368 e. The van der Waals surface area contributed by atoms with E-state index in [1.54, 1.807) is 12.3 Å². The van der Waals surface area contributed by atoms with E-state index >= 15 is 0 Å². The molecular weight excluding hydrogens is 419 g/mol. The minimum absolute atomic E-state index is 0.211. The van der Waals surface area contributed by atoms with Crippen LogP contribution in [0, 0.1) is 5.82 Å². The molecule has 5 rings (SSSR count). The number of pyridine rings is 1. The molecule has 0 spiro atoms. The number of rotatable bonds is 7. The molecule has 5 N–H and O–H groups in total. The van der Waals surface area contributed by atoms with Crippen LogP contribution in [0.2, 0.25) is 0 Å². The highest BCUT2D eigenvalue weighted by Gasteiger charge is 2.25. The molecule has 170 valence electrons. The van der Waals surface area contributed by atoms with Crippen molar-refractivity contribution in [1.29, 1.82) is 0 Å². The van der Waals surface area contributed by atoms with Crippen molar-refractivity contribution in [2.24, 2.45) is 5.73 Å². The average Bonchev–Trinajstić information content (AvgIpc) is 3.46. The van der Waals surface area contributed by atoms with Gasteiger partial charge in [0.05, 0.1) is 5.69 Å². The van der Waals surface area contributed by atoms with Gasteiger partial charge in [-0.15, -0.1) is 0 Å². The van der Waals surface area contributed by atoms with Crippen LogP contribution in [0.1, 0.15) is 43.1 Å². The number of nitrogens with one attached hydrogen (secondary N) is 1. The molecule has 9 heteroatoms. The van der Waals surface area contributed by atoms with Crippen molar-refractivity contribution in [2.45, 2.75) is 44.7 Å². The van der Waals surface area contributed by atoms with Gasteiger partial charge in [0.1, 0.15) is 11.6 Å². The van der Waals surface area contributed by atoms with E-state index in [0.717, 1.165) is 35.4 Å². The van der Waals surface area contributed by atoms with Crippen LogP contribution >= 0.6 is 0 Å². The normalized spacial score (nSPS) is 14.2. The fraction of sp³-hybridized carbons (Fsp3) is 0.333. The summed E-state index contributed by atoms with van der Waals surface area (Å²) in [7, 11) is 0. The van der Waals surface area contributed by atoms with Crippen molar-refractivity contribution in [2.75, 3.05) is 17.6 Å². The molecule has 0 atom stereocenters. The minimum atomic E-state index is -0.281. The van der Waals surface area contributed by atoms with Crippen LogP contribution in [0.4, 0.5) is 16.2 Å². The summed E-state index contributed by atoms with van der Waals surface area (Å²) < 4.78 is 15.7. The number of nitrogens with zero attached hydrogens (tertiary/aromatic N) is 5. The van der Waals surface area contributed by atoms with Crippen LogP contribution in [-0.2, 0) is 13.0 Å². The molecule has 8 nitrogen and oxygen atoms in total. The summed E-state index contributed by atoms with van der Waals surface area (Å²) in [5, 5.41) is 3.35. The first-order valence-electron chi connectivity index (χ1n) is 11.3. The van der Waals surface area contributed by atoms with Crippen LogP contribution < -0.4 is 16.8 Å². The Labute approximate surface area is 191 Å². The lowest BCUT2D eigenvalue weighted by Crippen LogP contribution is -2.14. The molecule has 1 fully saturated rings. The van der Waals surface area contributed by atoms with E-state index in [0.29, 0.717) is 42.6 Å². The molecule has 0 amide bonds. The van der Waals surface area contributed by atoms with E-state index in [1.165, 1.54) is 25.0 Å². The molecule has 1 saturated carbocycles. The summed E-state index contributed by atoms with van der Waals surface area (Å²) in [6.45, 7) is 1.01. The number of anilines is 2. The highest BCUT2D eigenvalue weighted by atomic mass is 19.1. The van der Waals surface area contributed by atoms with Gasteiger partial charge in [0.15, 0.2) is 17.0 Å². The smallest absolute Gasteiger partial charge is 0.224 e. The Balaban J connectivity index is 1.41. The van der Waals surface area contributed by atoms with Crippen LogP contribution in [0.15, 0.2) is 42.6 Å². The van der Waals surface area contributed by atoms with Crippen LogP contribution in [0.3, 0.4) is 0 Å². The topological polar surface area (TPSA) is 121 Å². The summed E-state index contributed by atoms with van der Waals surface area (Å²) in [4.78, 5) is 18.3. The maximum Gasteiger partial charge on any atom is 0.224 e. The van der Waals surface area contributed by atoms with Gasteiger partial charge in [-0.25, -0.2) is 9.37 Å². The van der Waals surface area contributed by atoms with Crippen molar-refractivity contribution in [1.82, 2.24) is 24.5 Å². The lowest BCUT2D eigenvalue weighted by molar-refractivity contribution is 0.507. The van der Waals surface area contributed by atoms with Crippen molar-refractivity contribution in [3.05, 3.63) is 59.8 Å². The van der Waals surface area contributed by atoms with E-state index in [2.05, 4.69) is 24.8 Å². The predicted molar refractivity (Wildman–Crippen MR) is 127 cm³/mol. The molecule has 1 aromatic carbocycles. The molecule has 1 aliphatic carbocycles. The van der Waals surface area contributed by atoms with Crippen LogP contribution in [0.5, 0.6) is 0 Å². The maximum atomic E-state index is 13.5. The third-order valence-corrected chi connectivity index (χ3v) is 6.09. The zero-order valence-corrected chi connectivity index (χ0v) is 18.3. The van der Waals surface area contributed by atoms with Crippen LogP contribution in [0.25, 0.3) is 22.4 Å². The van der Waals surface area contributed by atoms with Crippen molar-refractivity contribution < 1.29 is 4.39 Å². The summed E-state index contributed by atoms with van der Waals surface area (Å²) in [6.07, 6.45) is 7.08. The van der Waals surface area contributed by atoms with Gasteiger partial charge in [-0.1, -0.05) is 31.0 Å². The zero-order valence-electron chi connectivity index (χ0n) is 18.3. The number of nitrogen functional groups attached to an aromatic ring is 1. The molecule has 3 aromatic heterocycles. The number of halogens is 1. The van der Waals surface area contributed by atoms with E-state index in [9.17, 15) is 4.39 Å². The monoisotopic (exact) mass is 446 g/mol. The van der Waals surface area contributed by atoms with E-state index in [-0.39, 0.29) is 11.8 Å². The fourth-order valence-electron chi connectivity index (χ4n) is 4.54. The summed E-state index contributed by atoms with van der Waals surface area (Å²) in [5.74, 6) is 1.46. The van der Waals surface area contributed by atoms with Gasteiger partial charge in [-0.05, 0) is 43.1 Å². The molecule has 0 unspecified atom stereocenters. The van der Waals surface area contributed by atoms with Gasteiger partial charge in [0, 0.05) is 30.8 Å². The maximum absolute atomic E-state index is 13.5. The lowest BCUT2D eigenvalue weighted by atomic mass is 10.1. The fourth-order valence-corrected chi connectivity index (χ4v) is 4.54. The highest BCUT2D eigenvalue weighted by molar-refractivity contribution is 5.85. The highest BCUT2D eigenvalue weighted by Crippen LogP contribution is 2.34. The van der Waals surface area contributed by atoms with Gasteiger partial charge in [-0.3, -0.25) is 4.98 Å². The number of fused-ring (bicyclic) bond motifs is 1. The SMILES string of the molecule is NCCc1nc2c(NCc3ccc(-c4cccc(F)c4)nc3)nc(N)nc2n1C1CCCC1. The van der Waals surface area contributed by atoms with Gasteiger partial charge >= 0.3 is 0 Å². The van der Waals surface area contributed by atoms with Gasteiger partial charge in [0.25, 0.3) is 0 Å². The predicted octanol–water partition coefficient (Wildman–Crippen LogP) is 3.84. The second-order valence-corrected chi connectivity index (χ2v) is 8.39. The largest absolute Gasteiger partial charge is 0.368 e. The van der Waals surface area contributed by atoms with E-state index in [1.807, 2.05) is 18.2 Å². The van der Waals surface area contributed by atoms with Crippen molar-refractivity contribution >= 4 is 22.9 Å². The Morgan fingerprint density at radius 3 is 2.67 bits per heavy atom. The third kappa shape index (κ3) is 4.36. The molecular formula is C24H27FN8. The van der Waals surface area contributed by atoms with Crippen LogP contribution in [-0.4, -0.2) is 31.0 Å². The summed E-state index contributed by atoms with van der Waals surface area (Å²) in [5.41, 5.74) is 15.8. The van der Waals surface area contributed by atoms with Crippen molar-refractivity contribution in [3.63, 3.8) is 0 Å². The Morgan fingerprint density at radius 1 is 1.09 bits per heavy atom. The van der Waals surface area contributed by atoms with E-state index < -0.39 is 0 Å². The van der Waals surface area contributed by atoms with E-state index in [4.69, 9.17) is 16.5 Å². The van der Waals surface area contributed by atoms with Gasteiger partial charge < -0.3 is 21.4 Å².